The second-order valence-corrected chi connectivity index (χ2v) is 6.95. The molecule has 2 aromatic rings. The summed E-state index contributed by atoms with van der Waals surface area (Å²) in [5.41, 5.74) is 3.06. The van der Waals surface area contributed by atoms with Crippen LogP contribution in [0.3, 0.4) is 0 Å². The molecule has 0 aliphatic carbocycles. The molecule has 0 atom stereocenters. The molecule has 0 aliphatic heterocycles. The Bertz CT molecular complexity index is 823. The number of amides is 1. The lowest BCUT2D eigenvalue weighted by atomic mass is 9.99. The highest BCUT2D eigenvalue weighted by Crippen LogP contribution is 2.40. The molecular formula is C19H21NO5S. The van der Waals surface area contributed by atoms with Crippen LogP contribution < -0.4 is 5.32 Å². The van der Waals surface area contributed by atoms with E-state index in [4.69, 9.17) is 9.84 Å². The first kappa shape index (κ1) is 19.7. The predicted octanol–water partition coefficient (Wildman–Crippen LogP) is 3.88. The molecule has 0 aliphatic rings. The van der Waals surface area contributed by atoms with Gasteiger partial charge in [0.15, 0.2) is 0 Å². The molecule has 138 valence electrons. The van der Waals surface area contributed by atoms with Crippen LogP contribution in [-0.4, -0.2) is 30.1 Å². The lowest BCUT2D eigenvalue weighted by Crippen LogP contribution is -2.15. The highest BCUT2D eigenvalue weighted by atomic mass is 32.1. The van der Waals surface area contributed by atoms with Gasteiger partial charge in [0.25, 0.3) is 0 Å². The Morgan fingerprint density at radius 2 is 1.81 bits per heavy atom. The third-order valence-corrected chi connectivity index (χ3v) is 4.96. The first-order chi connectivity index (χ1) is 12.4. The van der Waals surface area contributed by atoms with E-state index in [1.165, 1.54) is 24.0 Å². The average Bonchev–Trinajstić information content (AvgIpc) is 2.95. The van der Waals surface area contributed by atoms with Gasteiger partial charge in [0.2, 0.25) is 5.91 Å². The number of anilines is 1. The Kier molecular flexibility index (Phi) is 6.52. The number of carbonyl (C=O) groups is 3. The lowest BCUT2D eigenvalue weighted by Gasteiger charge is -2.08. The van der Waals surface area contributed by atoms with Crippen molar-refractivity contribution in [2.45, 2.75) is 33.1 Å². The van der Waals surface area contributed by atoms with Crippen molar-refractivity contribution >= 4 is 34.2 Å². The third kappa shape index (κ3) is 4.49. The fourth-order valence-corrected chi connectivity index (χ4v) is 3.67. The summed E-state index contributed by atoms with van der Waals surface area (Å²) in [4.78, 5) is 35.8. The minimum Gasteiger partial charge on any atom is -0.481 e. The monoisotopic (exact) mass is 375 g/mol. The summed E-state index contributed by atoms with van der Waals surface area (Å²) in [7, 11) is 1.29. The number of benzene rings is 1. The van der Waals surface area contributed by atoms with Crippen LogP contribution in [0.2, 0.25) is 0 Å². The zero-order valence-electron chi connectivity index (χ0n) is 14.9. The maximum absolute atomic E-state index is 12.4. The second-order valence-electron chi connectivity index (χ2n) is 5.72. The molecule has 0 unspecified atom stereocenters. The largest absolute Gasteiger partial charge is 0.481 e. The number of rotatable bonds is 7. The first-order valence-corrected chi connectivity index (χ1v) is 9.01. The normalized spacial score (nSPS) is 10.4. The third-order valence-electron chi connectivity index (χ3n) is 3.94. The van der Waals surface area contributed by atoms with E-state index in [2.05, 4.69) is 12.2 Å². The molecule has 2 N–H and O–H groups in total. The lowest BCUT2D eigenvalue weighted by molar-refractivity contribution is -0.138. The zero-order chi connectivity index (χ0) is 19.3. The molecule has 1 heterocycles. The van der Waals surface area contributed by atoms with E-state index in [0.29, 0.717) is 10.6 Å². The summed E-state index contributed by atoms with van der Waals surface area (Å²) in [6.07, 6.45) is 0.486. The SMILES string of the molecule is CCc1ccc(-c2c(C)sc(NC(=O)CCC(=O)O)c2C(=O)OC)cc1. The van der Waals surface area contributed by atoms with Gasteiger partial charge in [-0.3, -0.25) is 9.59 Å². The molecule has 26 heavy (non-hydrogen) atoms. The van der Waals surface area contributed by atoms with Gasteiger partial charge in [-0.15, -0.1) is 11.3 Å². The van der Waals surface area contributed by atoms with Crippen molar-refractivity contribution in [3.8, 4) is 11.1 Å². The number of aryl methyl sites for hydroxylation is 2. The smallest absolute Gasteiger partial charge is 0.341 e. The Morgan fingerprint density at radius 3 is 2.35 bits per heavy atom. The van der Waals surface area contributed by atoms with Crippen molar-refractivity contribution in [1.82, 2.24) is 0 Å². The number of hydrogen-bond acceptors (Lipinski definition) is 5. The standard InChI is InChI=1S/C19H21NO5S/c1-4-12-5-7-13(8-6-12)16-11(2)26-18(17(16)19(24)25-3)20-14(21)9-10-15(22)23/h5-8H,4,9-10H2,1-3H3,(H,20,21)(H,22,23). The quantitative estimate of drug-likeness (QED) is 0.717. The Balaban J connectivity index is 2.42. The minimum atomic E-state index is -1.05. The summed E-state index contributed by atoms with van der Waals surface area (Å²) in [6.45, 7) is 3.93. The van der Waals surface area contributed by atoms with Crippen LogP contribution in [0.15, 0.2) is 24.3 Å². The van der Waals surface area contributed by atoms with Crippen LogP contribution >= 0.6 is 11.3 Å². The van der Waals surface area contributed by atoms with Crippen molar-refractivity contribution < 1.29 is 24.2 Å². The number of esters is 1. The van der Waals surface area contributed by atoms with Gasteiger partial charge in [-0.2, -0.15) is 0 Å². The van der Waals surface area contributed by atoms with Gasteiger partial charge in [0.1, 0.15) is 10.6 Å². The maximum Gasteiger partial charge on any atom is 0.341 e. The van der Waals surface area contributed by atoms with Crippen molar-refractivity contribution in [3.05, 3.63) is 40.3 Å². The zero-order valence-corrected chi connectivity index (χ0v) is 15.7. The minimum absolute atomic E-state index is 0.159. The van der Waals surface area contributed by atoms with Crippen LogP contribution in [0.4, 0.5) is 5.00 Å². The molecule has 0 saturated heterocycles. The maximum atomic E-state index is 12.4. The second kappa shape index (κ2) is 8.62. The van der Waals surface area contributed by atoms with Gasteiger partial charge >= 0.3 is 11.9 Å². The van der Waals surface area contributed by atoms with Crippen molar-refractivity contribution in [1.29, 1.82) is 0 Å². The predicted molar refractivity (Wildman–Crippen MR) is 101 cm³/mol. The number of carboxylic acid groups (broad SMARTS) is 1. The number of methoxy groups -OCH3 is 1. The number of aliphatic carboxylic acids is 1. The van der Waals surface area contributed by atoms with E-state index >= 15 is 0 Å². The molecule has 2 rings (SSSR count). The topological polar surface area (TPSA) is 92.7 Å². The Morgan fingerprint density at radius 1 is 1.15 bits per heavy atom. The van der Waals surface area contributed by atoms with Crippen molar-refractivity contribution in [3.63, 3.8) is 0 Å². The van der Waals surface area contributed by atoms with Gasteiger partial charge in [0.05, 0.1) is 13.5 Å². The van der Waals surface area contributed by atoms with Gasteiger partial charge in [-0.25, -0.2) is 4.79 Å². The van der Waals surface area contributed by atoms with E-state index < -0.39 is 17.8 Å². The first-order valence-electron chi connectivity index (χ1n) is 8.20. The molecule has 6 nitrogen and oxygen atoms in total. The number of hydrogen-bond donors (Lipinski definition) is 2. The highest BCUT2D eigenvalue weighted by Gasteiger charge is 2.25. The highest BCUT2D eigenvalue weighted by molar-refractivity contribution is 7.17. The molecule has 7 heteroatoms. The van der Waals surface area contributed by atoms with Crippen LogP contribution in [0, 0.1) is 6.92 Å². The summed E-state index contributed by atoms with van der Waals surface area (Å²) >= 11 is 1.27. The van der Waals surface area contributed by atoms with Crippen molar-refractivity contribution in [2.75, 3.05) is 12.4 Å². The molecule has 1 aromatic heterocycles. The summed E-state index contributed by atoms with van der Waals surface area (Å²) in [6, 6.07) is 7.88. The van der Waals surface area contributed by atoms with Gasteiger partial charge < -0.3 is 15.2 Å². The number of ether oxygens (including phenoxy) is 1. The van der Waals surface area contributed by atoms with E-state index in [1.807, 2.05) is 31.2 Å². The molecule has 1 aromatic carbocycles. The fourth-order valence-electron chi connectivity index (χ4n) is 2.59. The van der Waals surface area contributed by atoms with Gasteiger partial charge in [-0.1, -0.05) is 31.2 Å². The van der Waals surface area contributed by atoms with E-state index in [1.54, 1.807) is 0 Å². The van der Waals surface area contributed by atoms with Crippen molar-refractivity contribution in [2.24, 2.45) is 0 Å². The number of nitrogens with one attached hydrogen (secondary N) is 1. The van der Waals surface area contributed by atoms with E-state index in [0.717, 1.165) is 22.4 Å². The summed E-state index contributed by atoms with van der Waals surface area (Å²) in [5, 5.41) is 11.7. The van der Waals surface area contributed by atoms with E-state index in [-0.39, 0.29) is 12.8 Å². The average molecular weight is 375 g/mol. The molecule has 0 bridgehead atoms. The number of carbonyl (C=O) groups excluding carboxylic acids is 2. The van der Waals surface area contributed by atoms with E-state index in [9.17, 15) is 14.4 Å². The van der Waals surface area contributed by atoms with Crippen LogP contribution in [0.25, 0.3) is 11.1 Å². The van der Waals surface area contributed by atoms with Gasteiger partial charge in [-0.05, 0) is 24.5 Å². The Hall–Kier alpha value is -2.67. The summed E-state index contributed by atoms with van der Waals surface area (Å²) < 4.78 is 4.90. The molecule has 0 spiro atoms. The molecule has 0 fully saturated rings. The summed E-state index contributed by atoms with van der Waals surface area (Å²) in [5.74, 6) is -2.04. The fraction of sp³-hybridized carbons (Fsp3) is 0.316. The van der Waals surface area contributed by atoms with Gasteiger partial charge in [0, 0.05) is 16.9 Å². The Labute approximate surface area is 155 Å². The molecular weight excluding hydrogens is 354 g/mol. The molecule has 1 amide bonds. The number of thiophene rings is 1. The van der Waals surface area contributed by atoms with Crippen LogP contribution in [-0.2, 0) is 20.7 Å². The molecule has 0 radical (unpaired) electrons. The number of carboxylic acids is 1. The van der Waals surface area contributed by atoms with Crippen LogP contribution in [0.5, 0.6) is 0 Å². The van der Waals surface area contributed by atoms with Crippen LogP contribution in [0.1, 0.15) is 40.6 Å². The molecule has 0 saturated carbocycles.